The van der Waals surface area contributed by atoms with Crippen molar-refractivity contribution in [2.45, 2.75) is 6.92 Å². The van der Waals surface area contributed by atoms with Gasteiger partial charge in [0, 0.05) is 86.6 Å². The molecule has 14 heteroatoms. The van der Waals surface area contributed by atoms with Gasteiger partial charge in [-0.1, -0.05) is 18.5 Å². The highest BCUT2D eigenvalue weighted by Gasteiger charge is 2.26. The van der Waals surface area contributed by atoms with Crippen LogP contribution < -0.4 is 14.9 Å². The molecule has 5 rings (SSSR count). The van der Waals surface area contributed by atoms with Crippen molar-refractivity contribution in [1.29, 1.82) is 0 Å². The first-order valence-corrected chi connectivity index (χ1v) is 14.0. The molecule has 4 aromatic rings. The summed E-state index contributed by atoms with van der Waals surface area (Å²) >= 11 is 6.38. The number of hydrogen-bond acceptors (Lipinski definition) is 8. The first-order chi connectivity index (χ1) is 18.7. The van der Waals surface area contributed by atoms with E-state index in [1.165, 1.54) is 19.3 Å². The third kappa shape index (κ3) is 5.30. The summed E-state index contributed by atoms with van der Waals surface area (Å²) in [6.45, 7) is 5.23. The molecule has 4 heterocycles. The van der Waals surface area contributed by atoms with Crippen molar-refractivity contribution in [2.24, 2.45) is 0 Å². The van der Waals surface area contributed by atoms with Gasteiger partial charge in [-0.15, -0.1) is 0 Å². The third-order valence-electron chi connectivity index (χ3n) is 6.56. The largest absolute Gasteiger partial charge is 0.345 e. The van der Waals surface area contributed by atoms with E-state index in [4.69, 9.17) is 11.6 Å². The number of nitrogens with one attached hydrogen (secondary N) is 3. The van der Waals surface area contributed by atoms with Crippen LogP contribution in [-0.2, 0) is 10.2 Å². The van der Waals surface area contributed by atoms with Crippen LogP contribution in [0, 0.1) is 5.82 Å². The summed E-state index contributed by atoms with van der Waals surface area (Å²) in [5.41, 5.74) is 1.35. The lowest BCUT2D eigenvalue weighted by Gasteiger charge is -2.27. The number of halogens is 2. The van der Waals surface area contributed by atoms with Gasteiger partial charge >= 0.3 is 10.2 Å². The van der Waals surface area contributed by atoms with Crippen LogP contribution in [0.1, 0.15) is 22.8 Å². The van der Waals surface area contributed by atoms with Gasteiger partial charge in [0.25, 0.3) is 0 Å². The Morgan fingerprint density at radius 1 is 1.15 bits per heavy atom. The number of pyridine rings is 1. The number of hydrogen-bond donors (Lipinski definition) is 3. The Kier molecular flexibility index (Phi) is 7.49. The van der Waals surface area contributed by atoms with Crippen LogP contribution in [0.5, 0.6) is 0 Å². The molecule has 1 saturated heterocycles. The Morgan fingerprint density at radius 3 is 2.54 bits per heavy atom. The second-order valence-corrected chi connectivity index (χ2v) is 11.1. The van der Waals surface area contributed by atoms with Crippen LogP contribution in [-0.4, -0.2) is 78.2 Å². The number of fused-ring (bicyclic) bond motifs is 1. The van der Waals surface area contributed by atoms with E-state index in [2.05, 4.69) is 34.9 Å². The number of piperazine rings is 1. The lowest BCUT2D eigenvalue weighted by Crippen LogP contribution is -2.44. The van der Waals surface area contributed by atoms with Crippen LogP contribution in [0.3, 0.4) is 0 Å². The molecule has 1 aliphatic heterocycles. The molecule has 0 saturated carbocycles. The lowest BCUT2D eigenvalue weighted by atomic mass is 10.0. The highest BCUT2D eigenvalue weighted by atomic mass is 35.5. The van der Waals surface area contributed by atoms with E-state index in [0.29, 0.717) is 28.1 Å². The molecule has 0 aliphatic carbocycles. The topological polar surface area (TPSA) is 136 Å². The van der Waals surface area contributed by atoms with Crippen molar-refractivity contribution in [2.75, 3.05) is 49.4 Å². The summed E-state index contributed by atoms with van der Waals surface area (Å²) in [5, 5.41) is 3.39. The second-order valence-electron chi connectivity index (χ2n) is 8.97. The molecule has 0 amide bonds. The number of H-pyrrole nitrogens is 1. The highest BCUT2D eigenvalue weighted by Crippen LogP contribution is 2.33. The number of nitrogens with zero attached hydrogens (tertiary/aromatic N) is 5. The molecule has 3 aromatic heterocycles. The maximum atomic E-state index is 14.9. The van der Waals surface area contributed by atoms with Gasteiger partial charge in [0.15, 0.2) is 5.78 Å². The number of aromatic nitrogens is 4. The van der Waals surface area contributed by atoms with Crippen LogP contribution >= 0.6 is 11.6 Å². The fourth-order valence-electron chi connectivity index (χ4n) is 4.21. The van der Waals surface area contributed by atoms with Crippen molar-refractivity contribution in [3.05, 3.63) is 65.0 Å². The van der Waals surface area contributed by atoms with Gasteiger partial charge in [0.2, 0.25) is 5.95 Å². The molecule has 0 spiro atoms. The number of carbonyl (C=O) groups excluding carboxylic acids is 1. The normalized spacial score (nSPS) is 14.2. The minimum atomic E-state index is -3.95. The van der Waals surface area contributed by atoms with Gasteiger partial charge in [-0.05, 0) is 18.2 Å². The number of carbonyl (C=O) groups is 1. The first kappa shape index (κ1) is 26.9. The average molecular weight is 573 g/mol. The molecule has 1 fully saturated rings. The van der Waals surface area contributed by atoms with Gasteiger partial charge in [-0.25, -0.2) is 19.3 Å². The van der Waals surface area contributed by atoms with Gasteiger partial charge in [0.1, 0.15) is 11.5 Å². The SMILES string of the molecule is CCN(C)S(=O)(=O)Nc1ccc(F)c(C(=O)c2c[nH]c3ncc(-c4cnc(N5CCNCC5)nc4)cc23)c1Cl. The minimum absolute atomic E-state index is 0.109. The summed E-state index contributed by atoms with van der Waals surface area (Å²) in [6, 6.07) is 3.91. The molecule has 0 unspecified atom stereocenters. The molecule has 1 aliphatic rings. The van der Waals surface area contributed by atoms with Crippen molar-refractivity contribution in [3.63, 3.8) is 0 Å². The van der Waals surface area contributed by atoms with Gasteiger partial charge in [-0.3, -0.25) is 9.52 Å². The molecule has 39 heavy (non-hydrogen) atoms. The Labute approximate surface area is 229 Å². The first-order valence-electron chi connectivity index (χ1n) is 12.2. The minimum Gasteiger partial charge on any atom is -0.345 e. The Morgan fingerprint density at radius 2 is 1.85 bits per heavy atom. The van der Waals surface area contributed by atoms with Crippen molar-refractivity contribution < 1.29 is 17.6 Å². The van der Waals surface area contributed by atoms with Gasteiger partial charge in [0.05, 0.1) is 16.3 Å². The fraction of sp³-hybridized carbons (Fsp3) is 0.280. The Hall–Kier alpha value is -3.65. The van der Waals surface area contributed by atoms with E-state index in [-0.39, 0.29) is 22.8 Å². The number of ketones is 1. The molecular formula is C25H26ClFN8O3S. The zero-order valence-electron chi connectivity index (χ0n) is 21.2. The van der Waals surface area contributed by atoms with Crippen LogP contribution in [0.2, 0.25) is 5.02 Å². The zero-order chi connectivity index (χ0) is 27.7. The quantitative estimate of drug-likeness (QED) is 0.274. The molecule has 11 nitrogen and oxygen atoms in total. The van der Waals surface area contributed by atoms with Crippen LogP contribution in [0.25, 0.3) is 22.2 Å². The summed E-state index contributed by atoms with van der Waals surface area (Å²) in [4.78, 5) is 31.9. The van der Waals surface area contributed by atoms with E-state index in [1.807, 2.05) is 0 Å². The molecule has 1 aromatic carbocycles. The maximum absolute atomic E-state index is 14.9. The van der Waals surface area contributed by atoms with Crippen molar-refractivity contribution in [1.82, 2.24) is 29.6 Å². The van der Waals surface area contributed by atoms with E-state index in [9.17, 15) is 17.6 Å². The highest BCUT2D eigenvalue weighted by molar-refractivity contribution is 7.90. The lowest BCUT2D eigenvalue weighted by molar-refractivity contribution is 0.103. The number of anilines is 2. The van der Waals surface area contributed by atoms with Crippen LogP contribution in [0.15, 0.2) is 43.0 Å². The van der Waals surface area contributed by atoms with E-state index in [1.54, 1.807) is 31.6 Å². The average Bonchev–Trinajstić information content (AvgIpc) is 3.38. The van der Waals surface area contributed by atoms with E-state index in [0.717, 1.165) is 36.6 Å². The molecule has 0 atom stereocenters. The molecular weight excluding hydrogens is 547 g/mol. The number of benzene rings is 1. The predicted octanol–water partition coefficient (Wildman–Crippen LogP) is 3.06. The predicted molar refractivity (Wildman–Crippen MR) is 148 cm³/mol. The number of rotatable bonds is 8. The fourth-order valence-corrected chi connectivity index (χ4v) is 5.49. The molecule has 0 radical (unpaired) electrons. The summed E-state index contributed by atoms with van der Waals surface area (Å²) in [5.74, 6) is -0.970. The molecule has 204 valence electrons. The van der Waals surface area contributed by atoms with Gasteiger partial charge in [-0.2, -0.15) is 12.7 Å². The Bertz CT molecular complexity index is 1640. The standard InChI is InChI=1S/C25H26ClFN8O3S/c1-3-34(2)39(37,38)33-20-5-4-19(27)21(22(20)26)23(36)18-14-30-24-17(18)10-15(11-29-24)16-12-31-25(32-13-16)35-8-6-28-7-9-35/h4-5,10-14,28,33H,3,6-9H2,1-2H3,(H,29,30). The monoisotopic (exact) mass is 572 g/mol. The van der Waals surface area contributed by atoms with E-state index < -0.39 is 27.4 Å². The molecule has 3 N–H and O–H groups in total. The summed E-state index contributed by atoms with van der Waals surface area (Å²) in [7, 11) is -2.56. The second kappa shape index (κ2) is 10.8. The summed E-state index contributed by atoms with van der Waals surface area (Å²) in [6.07, 6.45) is 6.44. The van der Waals surface area contributed by atoms with Gasteiger partial charge < -0.3 is 15.2 Å². The van der Waals surface area contributed by atoms with Crippen LogP contribution in [0.4, 0.5) is 16.0 Å². The molecule has 0 bridgehead atoms. The summed E-state index contributed by atoms with van der Waals surface area (Å²) < 4.78 is 43.3. The van der Waals surface area contributed by atoms with E-state index >= 15 is 0 Å². The third-order valence-corrected chi connectivity index (χ3v) is 8.51. The maximum Gasteiger partial charge on any atom is 0.301 e. The van der Waals surface area contributed by atoms with Crippen molar-refractivity contribution >= 4 is 50.3 Å². The number of aromatic amines is 1. The Balaban J connectivity index is 1.48. The zero-order valence-corrected chi connectivity index (χ0v) is 22.8. The van der Waals surface area contributed by atoms with Crippen molar-refractivity contribution in [3.8, 4) is 11.1 Å². The smallest absolute Gasteiger partial charge is 0.301 e.